The van der Waals surface area contributed by atoms with Crippen LogP contribution < -0.4 is 5.32 Å². The summed E-state index contributed by atoms with van der Waals surface area (Å²) in [6.45, 7) is 2.55. The van der Waals surface area contributed by atoms with Crippen molar-refractivity contribution in [1.29, 1.82) is 0 Å². The molecule has 3 rings (SSSR count). The number of hydrogen-bond acceptors (Lipinski definition) is 2. The van der Waals surface area contributed by atoms with Gasteiger partial charge in [0.15, 0.2) is 0 Å². The van der Waals surface area contributed by atoms with E-state index in [1.807, 2.05) is 37.3 Å². The summed E-state index contributed by atoms with van der Waals surface area (Å²) in [5.74, 6) is -0.347. The topological polar surface area (TPSA) is 24.9 Å². The molecule has 0 spiro atoms. The molecule has 3 aromatic rings. The van der Waals surface area contributed by atoms with Crippen molar-refractivity contribution >= 4 is 28.2 Å². The van der Waals surface area contributed by atoms with Crippen molar-refractivity contribution < 1.29 is 4.39 Å². The third kappa shape index (κ3) is 3.14. The van der Waals surface area contributed by atoms with Crippen LogP contribution in [0.3, 0.4) is 0 Å². The number of hydrogen-bond donors (Lipinski definition) is 1. The van der Waals surface area contributed by atoms with Crippen molar-refractivity contribution in [2.75, 3.05) is 5.32 Å². The molecule has 1 aromatic heterocycles. The van der Waals surface area contributed by atoms with E-state index in [0.717, 1.165) is 22.2 Å². The molecule has 0 aliphatic heterocycles. The summed E-state index contributed by atoms with van der Waals surface area (Å²) in [6, 6.07) is 14.5. The first kappa shape index (κ1) is 13.8. The summed E-state index contributed by atoms with van der Waals surface area (Å²) in [4.78, 5) is 4.51. The molecule has 0 saturated carbocycles. The van der Waals surface area contributed by atoms with E-state index in [0.29, 0.717) is 17.3 Å². The highest BCUT2D eigenvalue weighted by Crippen LogP contribution is 2.22. The maximum atomic E-state index is 13.3. The quantitative estimate of drug-likeness (QED) is 0.740. The summed E-state index contributed by atoms with van der Waals surface area (Å²) in [7, 11) is 0. The fourth-order valence-electron chi connectivity index (χ4n) is 2.39. The normalized spacial score (nSPS) is 10.8. The molecule has 0 atom stereocenters. The zero-order valence-electron chi connectivity index (χ0n) is 11.5. The molecule has 2 aromatic carbocycles. The summed E-state index contributed by atoms with van der Waals surface area (Å²) >= 11 is 5.86. The second-order valence-corrected chi connectivity index (χ2v) is 5.39. The molecule has 0 aliphatic carbocycles. The number of rotatable bonds is 3. The van der Waals surface area contributed by atoms with Gasteiger partial charge < -0.3 is 5.32 Å². The van der Waals surface area contributed by atoms with Crippen molar-refractivity contribution in [3.05, 3.63) is 70.6 Å². The van der Waals surface area contributed by atoms with Crippen molar-refractivity contribution in [2.24, 2.45) is 0 Å². The minimum absolute atomic E-state index is 0.347. The summed E-state index contributed by atoms with van der Waals surface area (Å²) in [5.41, 5.74) is 3.71. The van der Waals surface area contributed by atoms with Crippen LogP contribution in [0.25, 0.3) is 10.9 Å². The Hall–Kier alpha value is -2.13. The van der Waals surface area contributed by atoms with Gasteiger partial charge in [0.05, 0.1) is 5.52 Å². The number of halogens is 2. The van der Waals surface area contributed by atoms with Gasteiger partial charge in [-0.1, -0.05) is 29.8 Å². The lowest BCUT2D eigenvalue weighted by Crippen LogP contribution is -2.02. The second-order valence-electron chi connectivity index (χ2n) is 4.95. The summed E-state index contributed by atoms with van der Waals surface area (Å²) in [6.07, 6.45) is 0. The standard InChI is InChI=1S/C17H14ClFN2/c1-11-6-12(16-4-2-3-5-17(16)21-11)10-20-15-8-13(18)7-14(19)9-15/h2-9,20H,10H2,1H3. The Balaban J connectivity index is 1.91. The molecule has 2 nitrogen and oxygen atoms in total. The van der Waals surface area contributed by atoms with Gasteiger partial charge in [0.25, 0.3) is 0 Å². The number of nitrogens with zero attached hydrogens (tertiary/aromatic N) is 1. The highest BCUT2D eigenvalue weighted by atomic mass is 35.5. The molecule has 0 saturated heterocycles. The van der Waals surface area contributed by atoms with Gasteiger partial charge in [-0.05, 0) is 42.8 Å². The van der Waals surface area contributed by atoms with Crippen molar-refractivity contribution in [2.45, 2.75) is 13.5 Å². The molecule has 1 heterocycles. The zero-order valence-corrected chi connectivity index (χ0v) is 12.3. The van der Waals surface area contributed by atoms with Crippen LogP contribution >= 0.6 is 11.6 Å². The first-order valence-corrected chi connectivity index (χ1v) is 7.05. The van der Waals surface area contributed by atoms with Crippen LogP contribution in [-0.2, 0) is 6.54 Å². The maximum absolute atomic E-state index is 13.3. The first-order chi connectivity index (χ1) is 10.1. The Morgan fingerprint density at radius 3 is 2.76 bits per heavy atom. The van der Waals surface area contributed by atoms with Crippen LogP contribution in [-0.4, -0.2) is 4.98 Å². The van der Waals surface area contributed by atoms with E-state index in [1.165, 1.54) is 12.1 Å². The molecule has 4 heteroatoms. The molecule has 0 aliphatic rings. The van der Waals surface area contributed by atoms with Gasteiger partial charge >= 0.3 is 0 Å². The van der Waals surface area contributed by atoms with Gasteiger partial charge in [-0.15, -0.1) is 0 Å². The molecule has 0 bridgehead atoms. The van der Waals surface area contributed by atoms with Gasteiger partial charge in [-0.25, -0.2) is 4.39 Å². The predicted octanol–water partition coefficient (Wildman–Crippen LogP) is 4.95. The molecule has 0 amide bonds. The van der Waals surface area contributed by atoms with Crippen molar-refractivity contribution in [3.63, 3.8) is 0 Å². The smallest absolute Gasteiger partial charge is 0.126 e. The number of para-hydroxylation sites is 1. The van der Waals surface area contributed by atoms with E-state index in [4.69, 9.17) is 11.6 Å². The Labute approximate surface area is 127 Å². The number of anilines is 1. The molecular weight excluding hydrogens is 287 g/mol. The molecule has 0 radical (unpaired) electrons. The van der Waals surface area contributed by atoms with E-state index in [2.05, 4.69) is 10.3 Å². The summed E-state index contributed by atoms with van der Waals surface area (Å²) in [5, 5.41) is 4.69. The average molecular weight is 301 g/mol. The van der Waals surface area contributed by atoms with Crippen molar-refractivity contribution in [1.82, 2.24) is 4.98 Å². The molecule has 106 valence electrons. The largest absolute Gasteiger partial charge is 0.381 e. The van der Waals surface area contributed by atoms with E-state index >= 15 is 0 Å². The second kappa shape index (κ2) is 5.70. The van der Waals surface area contributed by atoms with Crippen LogP contribution in [0.15, 0.2) is 48.5 Å². The number of nitrogens with one attached hydrogen (secondary N) is 1. The minimum atomic E-state index is -0.347. The Morgan fingerprint density at radius 2 is 1.95 bits per heavy atom. The SMILES string of the molecule is Cc1cc(CNc2cc(F)cc(Cl)c2)c2ccccc2n1. The Morgan fingerprint density at radius 1 is 1.14 bits per heavy atom. The van der Waals surface area contributed by atoms with Gasteiger partial charge in [0.1, 0.15) is 5.82 Å². The van der Waals surface area contributed by atoms with Gasteiger partial charge in [0.2, 0.25) is 0 Å². The average Bonchev–Trinajstić information content (AvgIpc) is 2.43. The third-order valence-corrected chi connectivity index (χ3v) is 3.49. The lowest BCUT2D eigenvalue weighted by atomic mass is 10.1. The Kier molecular flexibility index (Phi) is 3.76. The van der Waals surface area contributed by atoms with Gasteiger partial charge in [-0.2, -0.15) is 0 Å². The lowest BCUT2D eigenvalue weighted by Gasteiger charge is -2.11. The van der Waals surface area contributed by atoms with Gasteiger partial charge in [-0.3, -0.25) is 4.98 Å². The highest BCUT2D eigenvalue weighted by molar-refractivity contribution is 6.30. The fraction of sp³-hybridized carbons (Fsp3) is 0.118. The Bertz CT molecular complexity index is 782. The number of pyridine rings is 1. The zero-order chi connectivity index (χ0) is 14.8. The number of aryl methyl sites for hydroxylation is 1. The van der Waals surface area contributed by atoms with Crippen LogP contribution in [0.4, 0.5) is 10.1 Å². The van der Waals surface area contributed by atoms with E-state index in [9.17, 15) is 4.39 Å². The lowest BCUT2D eigenvalue weighted by molar-refractivity contribution is 0.628. The summed E-state index contributed by atoms with van der Waals surface area (Å²) < 4.78 is 13.3. The van der Waals surface area contributed by atoms with Crippen LogP contribution in [0, 0.1) is 12.7 Å². The fourth-order valence-corrected chi connectivity index (χ4v) is 2.62. The van der Waals surface area contributed by atoms with Crippen LogP contribution in [0.5, 0.6) is 0 Å². The third-order valence-electron chi connectivity index (χ3n) is 3.28. The minimum Gasteiger partial charge on any atom is -0.381 e. The van der Waals surface area contributed by atoms with Crippen LogP contribution in [0.1, 0.15) is 11.3 Å². The van der Waals surface area contributed by atoms with E-state index < -0.39 is 0 Å². The van der Waals surface area contributed by atoms with Gasteiger partial charge in [0, 0.05) is 28.3 Å². The number of benzene rings is 2. The van der Waals surface area contributed by atoms with Crippen molar-refractivity contribution in [3.8, 4) is 0 Å². The number of fused-ring (bicyclic) bond motifs is 1. The molecular formula is C17H14ClFN2. The molecule has 21 heavy (non-hydrogen) atoms. The molecule has 0 unspecified atom stereocenters. The maximum Gasteiger partial charge on any atom is 0.126 e. The van der Waals surface area contributed by atoms with E-state index in [-0.39, 0.29) is 5.82 Å². The highest BCUT2D eigenvalue weighted by Gasteiger charge is 2.04. The number of aromatic nitrogens is 1. The monoisotopic (exact) mass is 300 g/mol. The predicted molar refractivity (Wildman–Crippen MR) is 85.2 cm³/mol. The van der Waals surface area contributed by atoms with Crippen LogP contribution in [0.2, 0.25) is 5.02 Å². The first-order valence-electron chi connectivity index (χ1n) is 6.67. The molecule has 0 fully saturated rings. The molecule has 1 N–H and O–H groups in total. The van der Waals surface area contributed by atoms with E-state index in [1.54, 1.807) is 6.07 Å².